The van der Waals surface area contributed by atoms with Crippen molar-refractivity contribution in [2.24, 2.45) is 0 Å². The summed E-state index contributed by atoms with van der Waals surface area (Å²) in [7, 11) is 0. The molecule has 0 amide bonds. The second-order valence-corrected chi connectivity index (χ2v) is 7.03. The van der Waals surface area contributed by atoms with Crippen LogP contribution < -0.4 is 0 Å². The van der Waals surface area contributed by atoms with Crippen LogP contribution >= 0.6 is 11.3 Å². The first kappa shape index (κ1) is 13.6. The zero-order valence-electron chi connectivity index (χ0n) is 13.2. The average molecular weight is 326 g/mol. The van der Waals surface area contributed by atoms with E-state index in [2.05, 4.69) is 54.4 Å². The van der Waals surface area contributed by atoms with E-state index in [0.717, 1.165) is 22.2 Å². The van der Waals surface area contributed by atoms with E-state index in [1.54, 1.807) is 0 Å². The van der Waals surface area contributed by atoms with Gasteiger partial charge in [-0.2, -0.15) is 0 Å². The van der Waals surface area contributed by atoms with E-state index >= 15 is 0 Å². The minimum absolute atomic E-state index is 0.982. The van der Waals surface area contributed by atoms with Crippen LogP contribution in [0.15, 0.2) is 67.0 Å². The molecule has 114 valence electrons. The van der Waals surface area contributed by atoms with Gasteiger partial charge < -0.3 is 0 Å². The van der Waals surface area contributed by atoms with E-state index in [1.165, 1.54) is 25.7 Å². The van der Waals surface area contributed by atoms with E-state index < -0.39 is 0 Å². The van der Waals surface area contributed by atoms with Gasteiger partial charge in [0, 0.05) is 43.5 Å². The molecular formula is C21H14N2S. The monoisotopic (exact) mass is 326 g/mol. The highest BCUT2D eigenvalue weighted by atomic mass is 32.1. The number of para-hydroxylation sites is 1. The van der Waals surface area contributed by atoms with Crippen molar-refractivity contribution in [3.63, 3.8) is 0 Å². The third-order valence-electron chi connectivity index (χ3n) is 4.48. The van der Waals surface area contributed by atoms with Crippen molar-refractivity contribution < 1.29 is 0 Å². The Morgan fingerprint density at radius 3 is 2.67 bits per heavy atom. The number of hydrogen-bond donors (Lipinski definition) is 0. The lowest BCUT2D eigenvalue weighted by Crippen LogP contribution is -1.86. The summed E-state index contributed by atoms with van der Waals surface area (Å²) in [5.74, 6) is 0. The Hall–Kier alpha value is -2.78. The number of thiophene rings is 1. The Kier molecular flexibility index (Phi) is 2.91. The van der Waals surface area contributed by atoms with Crippen molar-refractivity contribution in [2.45, 2.75) is 6.92 Å². The van der Waals surface area contributed by atoms with Crippen molar-refractivity contribution in [2.75, 3.05) is 0 Å². The Balaban J connectivity index is 1.85. The van der Waals surface area contributed by atoms with Crippen LogP contribution in [0.4, 0.5) is 0 Å². The van der Waals surface area contributed by atoms with Gasteiger partial charge in [0.1, 0.15) is 0 Å². The molecule has 0 radical (unpaired) electrons. The van der Waals surface area contributed by atoms with Crippen LogP contribution in [0.3, 0.4) is 0 Å². The minimum atomic E-state index is 0.982. The van der Waals surface area contributed by atoms with Gasteiger partial charge in [0.05, 0.1) is 11.2 Å². The molecule has 3 heterocycles. The Bertz CT molecular complexity index is 1220. The van der Waals surface area contributed by atoms with Crippen LogP contribution in [0.25, 0.3) is 42.3 Å². The van der Waals surface area contributed by atoms with E-state index in [0.29, 0.717) is 0 Å². The smallest absolute Gasteiger partial charge is 0.0739 e. The molecule has 0 atom stereocenters. The van der Waals surface area contributed by atoms with Crippen molar-refractivity contribution in [1.29, 1.82) is 0 Å². The molecule has 3 heteroatoms. The molecule has 24 heavy (non-hydrogen) atoms. The summed E-state index contributed by atoms with van der Waals surface area (Å²) >= 11 is 1.84. The molecule has 0 unspecified atom stereocenters. The van der Waals surface area contributed by atoms with E-state index in [1.807, 2.05) is 35.9 Å². The number of fused-ring (bicyclic) bond motifs is 4. The Morgan fingerprint density at radius 2 is 1.71 bits per heavy atom. The van der Waals surface area contributed by atoms with Gasteiger partial charge in [-0.15, -0.1) is 11.3 Å². The molecule has 0 spiro atoms. The minimum Gasteiger partial charge on any atom is -0.263 e. The highest BCUT2D eigenvalue weighted by molar-refractivity contribution is 7.26. The standard InChI is InChI=1S/C21H14N2S/c1-13-5-4-7-15-16-11-22-12-17(21(16)24-20(13)15)19-10-9-14-6-2-3-8-18(14)23-19/h2-12H,1H3. The van der Waals surface area contributed by atoms with Gasteiger partial charge in [-0.3, -0.25) is 4.98 Å². The number of pyridine rings is 2. The molecule has 3 aromatic heterocycles. The number of hydrogen-bond acceptors (Lipinski definition) is 3. The summed E-state index contributed by atoms with van der Waals surface area (Å²) < 4.78 is 2.60. The molecule has 0 fully saturated rings. The zero-order chi connectivity index (χ0) is 16.1. The van der Waals surface area contributed by atoms with Crippen molar-refractivity contribution in [3.8, 4) is 11.3 Å². The SMILES string of the molecule is Cc1cccc2c1sc1c(-c3ccc4ccccc4n3)cncc12. The second-order valence-electron chi connectivity index (χ2n) is 6.01. The highest BCUT2D eigenvalue weighted by Gasteiger charge is 2.13. The van der Waals surface area contributed by atoms with Gasteiger partial charge in [0.15, 0.2) is 0 Å². The normalized spacial score (nSPS) is 11.5. The van der Waals surface area contributed by atoms with Gasteiger partial charge in [-0.1, -0.05) is 42.5 Å². The number of benzene rings is 2. The van der Waals surface area contributed by atoms with E-state index in [9.17, 15) is 0 Å². The first-order valence-corrected chi connectivity index (χ1v) is 8.75. The van der Waals surface area contributed by atoms with Crippen LogP contribution in [0, 0.1) is 6.92 Å². The maximum atomic E-state index is 4.85. The largest absolute Gasteiger partial charge is 0.263 e. The molecule has 0 aliphatic carbocycles. The predicted molar refractivity (Wildman–Crippen MR) is 103 cm³/mol. The van der Waals surface area contributed by atoms with Gasteiger partial charge in [0.25, 0.3) is 0 Å². The summed E-state index contributed by atoms with van der Waals surface area (Å²) in [5.41, 5.74) is 4.42. The number of aromatic nitrogens is 2. The molecule has 0 aliphatic heterocycles. The number of aryl methyl sites for hydroxylation is 1. The van der Waals surface area contributed by atoms with Crippen molar-refractivity contribution >= 4 is 42.4 Å². The van der Waals surface area contributed by atoms with Gasteiger partial charge in [-0.05, 0) is 24.6 Å². The average Bonchev–Trinajstić information content (AvgIpc) is 3.02. The zero-order valence-corrected chi connectivity index (χ0v) is 14.0. The fourth-order valence-corrected chi connectivity index (χ4v) is 4.51. The third-order valence-corrected chi connectivity index (χ3v) is 5.87. The quantitative estimate of drug-likeness (QED) is 0.379. The highest BCUT2D eigenvalue weighted by Crippen LogP contribution is 2.40. The Labute approximate surface area is 143 Å². The van der Waals surface area contributed by atoms with Crippen molar-refractivity contribution in [3.05, 3.63) is 72.6 Å². The summed E-state index contributed by atoms with van der Waals surface area (Å²) in [6, 6.07) is 18.9. The molecule has 2 nitrogen and oxygen atoms in total. The maximum Gasteiger partial charge on any atom is 0.0739 e. The van der Waals surface area contributed by atoms with E-state index in [-0.39, 0.29) is 0 Å². The number of rotatable bonds is 1. The molecule has 0 saturated carbocycles. The lowest BCUT2D eigenvalue weighted by Gasteiger charge is -2.04. The van der Waals surface area contributed by atoms with Gasteiger partial charge in [0.2, 0.25) is 0 Å². The van der Waals surface area contributed by atoms with Gasteiger partial charge >= 0.3 is 0 Å². The van der Waals surface area contributed by atoms with Crippen LogP contribution in [-0.2, 0) is 0 Å². The lowest BCUT2D eigenvalue weighted by molar-refractivity contribution is 1.34. The third kappa shape index (κ3) is 1.95. The lowest BCUT2D eigenvalue weighted by atomic mass is 10.1. The second kappa shape index (κ2) is 5.11. The molecule has 0 N–H and O–H groups in total. The maximum absolute atomic E-state index is 4.85. The summed E-state index contributed by atoms with van der Waals surface area (Å²) in [6.07, 6.45) is 3.91. The summed E-state index contributed by atoms with van der Waals surface area (Å²) in [4.78, 5) is 9.34. The molecule has 2 aromatic carbocycles. The molecule has 0 aliphatic rings. The molecular weight excluding hydrogens is 312 g/mol. The molecule has 0 saturated heterocycles. The fourth-order valence-electron chi connectivity index (χ4n) is 3.25. The first-order valence-electron chi connectivity index (χ1n) is 7.93. The number of nitrogens with zero attached hydrogens (tertiary/aromatic N) is 2. The summed E-state index contributed by atoms with van der Waals surface area (Å²) in [6.45, 7) is 2.17. The van der Waals surface area contributed by atoms with Crippen LogP contribution in [0.5, 0.6) is 0 Å². The van der Waals surface area contributed by atoms with Gasteiger partial charge in [-0.25, -0.2) is 4.98 Å². The van der Waals surface area contributed by atoms with Crippen LogP contribution in [0.2, 0.25) is 0 Å². The van der Waals surface area contributed by atoms with Crippen LogP contribution in [-0.4, -0.2) is 9.97 Å². The first-order chi connectivity index (χ1) is 11.8. The fraction of sp³-hybridized carbons (Fsp3) is 0.0476. The molecule has 5 rings (SSSR count). The van der Waals surface area contributed by atoms with Crippen molar-refractivity contribution in [1.82, 2.24) is 9.97 Å². The molecule has 0 bridgehead atoms. The van der Waals surface area contributed by atoms with E-state index in [4.69, 9.17) is 4.98 Å². The predicted octanol–water partition coefficient (Wildman–Crippen LogP) is 5.97. The van der Waals surface area contributed by atoms with Crippen LogP contribution in [0.1, 0.15) is 5.56 Å². The summed E-state index contributed by atoms with van der Waals surface area (Å²) in [5, 5.41) is 3.66. The topological polar surface area (TPSA) is 25.8 Å². The Morgan fingerprint density at radius 1 is 0.792 bits per heavy atom. The molecule has 5 aromatic rings.